The second kappa shape index (κ2) is 7.26. The van der Waals surface area contributed by atoms with Crippen molar-refractivity contribution in [2.45, 2.75) is 45.5 Å². The largest absolute Gasteiger partial charge is 0.449 e. The highest BCUT2D eigenvalue weighted by atomic mass is 19.4. The first-order valence-electron chi connectivity index (χ1n) is 8.80. The number of hydrogen-bond acceptors (Lipinski definition) is 3. The molecule has 1 aromatic heterocycles. The van der Waals surface area contributed by atoms with Crippen molar-refractivity contribution in [1.29, 1.82) is 0 Å². The summed E-state index contributed by atoms with van der Waals surface area (Å²) in [5, 5.41) is 2.81. The minimum absolute atomic E-state index is 0.119. The first-order valence-corrected chi connectivity index (χ1v) is 8.80. The van der Waals surface area contributed by atoms with Gasteiger partial charge in [-0.1, -0.05) is 6.07 Å². The summed E-state index contributed by atoms with van der Waals surface area (Å²) in [5.74, 6) is -1.48. The third-order valence-corrected chi connectivity index (χ3v) is 4.60. The monoisotopic (exact) mass is 368 g/mol. The van der Waals surface area contributed by atoms with Gasteiger partial charge in [-0.25, -0.2) is 4.98 Å². The number of halogens is 3. The predicted molar refractivity (Wildman–Crippen MR) is 92.8 cm³/mol. The first-order chi connectivity index (χ1) is 12.2. The number of nitrogens with zero attached hydrogens (tertiary/aromatic N) is 3. The Labute approximate surface area is 150 Å². The quantitative estimate of drug-likeness (QED) is 0.883. The smallest absolute Gasteiger partial charge is 0.351 e. The molecule has 8 heteroatoms. The summed E-state index contributed by atoms with van der Waals surface area (Å²) in [6, 6.07) is 4.76. The van der Waals surface area contributed by atoms with Gasteiger partial charge in [-0.2, -0.15) is 13.2 Å². The Kier molecular flexibility index (Phi) is 5.22. The van der Waals surface area contributed by atoms with Crippen LogP contribution in [-0.4, -0.2) is 46.0 Å². The van der Waals surface area contributed by atoms with Gasteiger partial charge in [0.2, 0.25) is 11.7 Å². The van der Waals surface area contributed by atoms with Crippen molar-refractivity contribution in [3.63, 3.8) is 0 Å². The number of rotatable bonds is 5. The fourth-order valence-electron chi connectivity index (χ4n) is 3.47. The Morgan fingerprint density at radius 3 is 2.65 bits per heavy atom. The lowest BCUT2D eigenvalue weighted by Crippen LogP contribution is -2.42. The highest BCUT2D eigenvalue weighted by Gasteiger charge is 2.38. The molecule has 0 bridgehead atoms. The molecule has 0 spiro atoms. The van der Waals surface area contributed by atoms with Crippen molar-refractivity contribution >= 4 is 16.9 Å². The van der Waals surface area contributed by atoms with Crippen molar-refractivity contribution in [3.05, 3.63) is 29.6 Å². The van der Waals surface area contributed by atoms with Crippen LogP contribution in [0.4, 0.5) is 13.2 Å². The van der Waals surface area contributed by atoms with Crippen molar-refractivity contribution in [2.24, 2.45) is 0 Å². The van der Waals surface area contributed by atoms with Crippen LogP contribution in [0.3, 0.4) is 0 Å². The van der Waals surface area contributed by atoms with E-state index in [1.54, 1.807) is 25.1 Å². The lowest BCUT2D eigenvalue weighted by atomic mass is 10.2. The van der Waals surface area contributed by atoms with E-state index in [4.69, 9.17) is 0 Å². The number of benzene rings is 1. The van der Waals surface area contributed by atoms with Crippen LogP contribution in [0.5, 0.6) is 0 Å². The summed E-state index contributed by atoms with van der Waals surface area (Å²) in [4.78, 5) is 18.3. The highest BCUT2D eigenvalue weighted by Crippen LogP contribution is 2.31. The molecule has 1 N–H and O–H groups in total. The van der Waals surface area contributed by atoms with Crippen molar-refractivity contribution < 1.29 is 18.0 Å². The molecule has 1 fully saturated rings. The molecule has 1 aliphatic rings. The molecular formula is C18H23F3N4O. The van der Waals surface area contributed by atoms with Gasteiger partial charge in [0.15, 0.2) is 0 Å². The molecule has 26 heavy (non-hydrogen) atoms. The molecule has 1 saturated heterocycles. The van der Waals surface area contributed by atoms with Gasteiger partial charge in [-0.05, 0) is 57.5 Å². The van der Waals surface area contributed by atoms with Crippen LogP contribution in [0.1, 0.15) is 31.2 Å². The summed E-state index contributed by atoms with van der Waals surface area (Å²) < 4.78 is 41.0. The lowest BCUT2D eigenvalue weighted by Gasteiger charge is -2.21. The number of likely N-dealkylation sites (tertiary alicyclic amines) is 1. The molecule has 0 saturated carbocycles. The molecule has 1 aliphatic heterocycles. The maximum Gasteiger partial charge on any atom is 0.449 e. The number of carbonyl (C=O) groups is 1. The maximum absolute atomic E-state index is 13.3. The zero-order valence-electron chi connectivity index (χ0n) is 14.9. The minimum Gasteiger partial charge on any atom is -0.351 e. The zero-order valence-corrected chi connectivity index (χ0v) is 14.9. The fourth-order valence-corrected chi connectivity index (χ4v) is 3.47. The average Bonchev–Trinajstić information content (AvgIpc) is 3.15. The standard InChI is InChI=1S/C18H23F3N4O/c1-12-5-6-14-15(9-12)25(17(23-14)18(19,20)21)11-16(26)22-13(2)10-24-7-3-4-8-24/h5-6,9,13H,3-4,7-8,10-11H2,1-2H3,(H,22,26)/t13-/m0/s1. The van der Waals surface area contributed by atoms with Crippen LogP contribution in [0.15, 0.2) is 18.2 Å². The van der Waals surface area contributed by atoms with Crippen LogP contribution < -0.4 is 5.32 Å². The summed E-state index contributed by atoms with van der Waals surface area (Å²) in [6.07, 6.45) is -2.32. The normalized spacial score (nSPS) is 17.0. The van der Waals surface area contributed by atoms with Gasteiger partial charge >= 0.3 is 6.18 Å². The number of aromatic nitrogens is 2. The Hall–Kier alpha value is -2.09. The molecule has 2 heterocycles. The molecule has 1 amide bonds. The number of amides is 1. The van der Waals surface area contributed by atoms with E-state index in [1.165, 1.54) is 0 Å². The number of aryl methyl sites for hydroxylation is 1. The molecule has 142 valence electrons. The fraction of sp³-hybridized carbons (Fsp3) is 0.556. The average molecular weight is 368 g/mol. The minimum atomic E-state index is -4.62. The van der Waals surface area contributed by atoms with Crippen LogP contribution >= 0.6 is 0 Å². The number of nitrogens with one attached hydrogen (secondary N) is 1. The van der Waals surface area contributed by atoms with Gasteiger partial charge in [0.05, 0.1) is 11.0 Å². The highest BCUT2D eigenvalue weighted by molar-refractivity contribution is 5.81. The summed E-state index contributed by atoms with van der Waals surface area (Å²) in [6.45, 7) is 5.98. The SMILES string of the molecule is Cc1ccc2nc(C(F)(F)F)n(CC(=O)N[C@@H](C)CN3CCCC3)c2c1. The van der Waals surface area contributed by atoms with Gasteiger partial charge in [0.1, 0.15) is 6.54 Å². The third-order valence-electron chi connectivity index (χ3n) is 4.60. The van der Waals surface area contributed by atoms with Crippen molar-refractivity contribution in [1.82, 2.24) is 19.8 Å². The Balaban J connectivity index is 1.78. The molecule has 2 aromatic rings. The molecule has 1 atom stereocenters. The number of imidazole rings is 1. The third kappa shape index (κ3) is 4.17. The predicted octanol–water partition coefficient (Wildman–Crippen LogP) is 2.96. The van der Waals surface area contributed by atoms with Gasteiger partial charge in [0.25, 0.3) is 0 Å². The molecule has 5 nitrogen and oxygen atoms in total. The Bertz CT molecular complexity index is 794. The van der Waals surface area contributed by atoms with E-state index in [2.05, 4.69) is 15.2 Å². The molecule has 0 aliphatic carbocycles. The number of alkyl halides is 3. The van der Waals surface area contributed by atoms with E-state index in [0.717, 1.165) is 36.1 Å². The molecule has 3 rings (SSSR count). The molecule has 0 radical (unpaired) electrons. The molecule has 0 unspecified atom stereocenters. The second-order valence-electron chi connectivity index (χ2n) is 6.99. The topological polar surface area (TPSA) is 50.2 Å². The maximum atomic E-state index is 13.3. The summed E-state index contributed by atoms with van der Waals surface area (Å²) in [7, 11) is 0. The van der Waals surface area contributed by atoms with E-state index < -0.39 is 24.5 Å². The van der Waals surface area contributed by atoms with Gasteiger partial charge in [-0.3, -0.25) is 4.79 Å². The van der Waals surface area contributed by atoms with Crippen LogP contribution in [0.2, 0.25) is 0 Å². The number of fused-ring (bicyclic) bond motifs is 1. The summed E-state index contributed by atoms with van der Waals surface area (Å²) in [5.41, 5.74) is 1.37. The van der Waals surface area contributed by atoms with E-state index in [1.807, 2.05) is 6.92 Å². The van der Waals surface area contributed by atoms with Gasteiger partial charge < -0.3 is 14.8 Å². The van der Waals surface area contributed by atoms with Gasteiger partial charge in [-0.15, -0.1) is 0 Å². The Morgan fingerprint density at radius 2 is 2.00 bits per heavy atom. The number of carbonyl (C=O) groups excluding carboxylic acids is 1. The number of hydrogen-bond donors (Lipinski definition) is 1. The van der Waals surface area contributed by atoms with Crippen molar-refractivity contribution in [2.75, 3.05) is 19.6 Å². The molecule has 1 aromatic carbocycles. The van der Waals surface area contributed by atoms with Crippen LogP contribution in [-0.2, 0) is 17.5 Å². The van der Waals surface area contributed by atoms with Crippen LogP contribution in [0, 0.1) is 6.92 Å². The summed E-state index contributed by atoms with van der Waals surface area (Å²) >= 11 is 0. The Morgan fingerprint density at radius 1 is 1.31 bits per heavy atom. The second-order valence-corrected chi connectivity index (χ2v) is 6.99. The lowest BCUT2D eigenvalue weighted by molar-refractivity contribution is -0.147. The van der Waals surface area contributed by atoms with Crippen LogP contribution in [0.25, 0.3) is 11.0 Å². The van der Waals surface area contributed by atoms with E-state index in [0.29, 0.717) is 12.1 Å². The van der Waals surface area contributed by atoms with E-state index in [9.17, 15) is 18.0 Å². The van der Waals surface area contributed by atoms with Gasteiger partial charge in [0, 0.05) is 12.6 Å². The van der Waals surface area contributed by atoms with E-state index >= 15 is 0 Å². The zero-order chi connectivity index (χ0) is 18.9. The molecular weight excluding hydrogens is 345 g/mol. The van der Waals surface area contributed by atoms with Crippen molar-refractivity contribution in [3.8, 4) is 0 Å². The first kappa shape index (κ1) is 18.7. The van der Waals surface area contributed by atoms with E-state index in [-0.39, 0.29) is 11.6 Å².